The van der Waals surface area contributed by atoms with Crippen molar-refractivity contribution in [1.82, 2.24) is 0 Å². The van der Waals surface area contributed by atoms with Gasteiger partial charge in [-0.05, 0) is 44.9 Å². The molecule has 16 unspecified atom stereocenters. The number of hydrogen-bond donors (Lipinski definition) is 3. The van der Waals surface area contributed by atoms with Crippen LogP contribution in [0.4, 0.5) is 0 Å². The lowest BCUT2D eigenvalue weighted by Gasteiger charge is -2.73. The summed E-state index contributed by atoms with van der Waals surface area (Å²) in [4.78, 5) is 70.5. The van der Waals surface area contributed by atoms with E-state index in [9.17, 15) is 39.4 Å². The van der Waals surface area contributed by atoms with Crippen LogP contribution in [-0.4, -0.2) is 118 Å². The van der Waals surface area contributed by atoms with Crippen molar-refractivity contribution >= 4 is 29.8 Å². The van der Waals surface area contributed by atoms with E-state index in [0.29, 0.717) is 6.42 Å². The topological polar surface area (TPSA) is 223 Å². The van der Waals surface area contributed by atoms with Gasteiger partial charge >= 0.3 is 29.8 Å². The number of hydrogen-bond acceptors (Lipinski definition) is 16. The maximum absolute atomic E-state index is 13.5. The van der Waals surface area contributed by atoms with Gasteiger partial charge in [0.05, 0.1) is 29.8 Å². The summed E-state index contributed by atoms with van der Waals surface area (Å²) in [6, 6.07) is 0. The average Bonchev–Trinajstić information content (AvgIpc) is 3.84. The number of carbonyl (C=O) groups excluding carboxylic acids is 5. The van der Waals surface area contributed by atoms with Gasteiger partial charge < -0.3 is 43.4 Å². The molecule has 2 spiro atoms. The molecule has 3 N–H and O–H groups in total. The van der Waals surface area contributed by atoms with Crippen LogP contribution in [0.1, 0.15) is 88.5 Å². The van der Waals surface area contributed by atoms with Crippen LogP contribution in [0.15, 0.2) is 0 Å². The van der Waals surface area contributed by atoms with Gasteiger partial charge in [0.2, 0.25) is 0 Å². The molecule has 16 nitrogen and oxygen atoms in total. The maximum Gasteiger partial charge on any atom is 0.303 e. The molecule has 7 rings (SSSR count). The van der Waals surface area contributed by atoms with Crippen molar-refractivity contribution in [2.24, 2.45) is 39.4 Å². The molecule has 2 saturated heterocycles. The van der Waals surface area contributed by atoms with E-state index in [0.717, 1.165) is 6.92 Å². The number of ether oxygens (including phenoxy) is 7. The second kappa shape index (κ2) is 11.6. The van der Waals surface area contributed by atoms with Crippen molar-refractivity contribution in [2.45, 2.75) is 154 Å². The van der Waals surface area contributed by atoms with Gasteiger partial charge in [0.1, 0.15) is 41.0 Å². The summed E-state index contributed by atoms with van der Waals surface area (Å²) >= 11 is 0. The summed E-state index contributed by atoms with van der Waals surface area (Å²) in [7, 11) is 0. The molecule has 7 fully saturated rings. The summed E-state index contributed by atoms with van der Waals surface area (Å²) in [5.74, 6) is -5.98. The Morgan fingerprint density at radius 1 is 0.811 bits per heavy atom. The van der Waals surface area contributed by atoms with E-state index in [2.05, 4.69) is 0 Å². The molecule has 0 amide bonds. The van der Waals surface area contributed by atoms with Crippen molar-refractivity contribution < 1.29 is 77.5 Å². The Hall–Kier alpha value is -2.89. The summed E-state index contributed by atoms with van der Waals surface area (Å²) in [6.45, 7) is 14.9. The molecule has 53 heavy (non-hydrogen) atoms. The number of epoxide rings is 1. The highest BCUT2D eigenvalue weighted by Gasteiger charge is 3.10. The molecule has 18 atom stereocenters. The number of rotatable bonds is 7. The zero-order chi connectivity index (χ0) is 39.2. The molecule has 7 aliphatic rings. The van der Waals surface area contributed by atoms with E-state index in [4.69, 9.17) is 38.0 Å². The Morgan fingerprint density at radius 2 is 1.38 bits per heavy atom. The van der Waals surface area contributed by atoms with E-state index in [1.54, 1.807) is 13.8 Å². The SMILES string of the molecule is CC(=O)OC1C2C(C)(CCC3C2(C)C(OC(C)=O)C(OC(C)=O)C24C3(O)CC(O)C3OC32[C@@]4(C)OO)C2C(C)OCC2([C@@H](C)OC(C)=O)C1OC(C)=O. The van der Waals surface area contributed by atoms with Gasteiger partial charge in [-0.15, -0.1) is 0 Å². The highest BCUT2D eigenvalue weighted by molar-refractivity contribution is 5.70. The predicted molar refractivity (Wildman–Crippen MR) is 175 cm³/mol. The van der Waals surface area contributed by atoms with Crippen LogP contribution in [0.3, 0.4) is 0 Å². The molecule has 5 saturated carbocycles. The summed E-state index contributed by atoms with van der Waals surface area (Å²) in [5, 5.41) is 35.6. The third-order valence-corrected chi connectivity index (χ3v) is 15.2. The summed E-state index contributed by atoms with van der Waals surface area (Å²) < 4.78 is 43.3. The van der Waals surface area contributed by atoms with Gasteiger partial charge in [-0.3, -0.25) is 29.2 Å². The Bertz CT molecular complexity index is 1630. The monoisotopic (exact) mass is 752 g/mol. The Balaban J connectivity index is 1.54. The molecule has 296 valence electrons. The molecule has 0 aromatic carbocycles. The highest BCUT2D eigenvalue weighted by Crippen LogP contribution is 2.91. The van der Waals surface area contributed by atoms with Crippen LogP contribution in [0.2, 0.25) is 0 Å². The van der Waals surface area contributed by atoms with Crippen molar-refractivity contribution in [1.29, 1.82) is 0 Å². The molecule has 2 heterocycles. The van der Waals surface area contributed by atoms with E-state index >= 15 is 0 Å². The third-order valence-electron chi connectivity index (χ3n) is 15.2. The number of esters is 5. The van der Waals surface area contributed by atoms with Crippen LogP contribution in [0.25, 0.3) is 0 Å². The van der Waals surface area contributed by atoms with Crippen molar-refractivity contribution in [2.75, 3.05) is 6.61 Å². The normalized spacial score (nSPS) is 53.1. The van der Waals surface area contributed by atoms with Crippen molar-refractivity contribution in [3.05, 3.63) is 0 Å². The minimum absolute atomic E-state index is 0.0262. The first-order valence-electron chi connectivity index (χ1n) is 18.4. The minimum Gasteiger partial charge on any atom is -0.462 e. The third kappa shape index (κ3) is 4.25. The molecule has 0 aromatic rings. The van der Waals surface area contributed by atoms with Crippen molar-refractivity contribution in [3.8, 4) is 0 Å². The quantitative estimate of drug-likeness (QED) is 0.111. The molecule has 0 bridgehead atoms. The Morgan fingerprint density at radius 3 is 1.92 bits per heavy atom. The van der Waals surface area contributed by atoms with Crippen LogP contribution < -0.4 is 0 Å². The first-order chi connectivity index (χ1) is 24.5. The van der Waals surface area contributed by atoms with E-state index < -0.39 is 135 Å². The lowest BCUT2D eigenvalue weighted by Crippen LogP contribution is -2.81. The fourth-order valence-electron chi connectivity index (χ4n) is 14.3. The second-order valence-electron chi connectivity index (χ2n) is 17.4. The molecule has 16 heteroatoms. The number of aliphatic hydroxyl groups is 2. The van der Waals surface area contributed by atoms with Gasteiger partial charge in [-0.25, -0.2) is 4.89 Å². The molecular weight excluding hydrogens is 700 g/mol. The van der Waals surface area contributed by atoms with Gasteiger partial charge in [-0.1, -0.05) is 13.8 Å². The van der Waals surface area contributed by atoms with Crippen LogP contribution in [0.5, 0.6) is 0 Å². The molecular formula is C37H52O16. The first-order valence-corrected chi connectivity index (χ1v) is 18.4. The van der Waals surface area contributed by atoms with Crippen molar-refractivity contribution in [3.63, 3.8) is 0 Å². The van der Waals surface area contributed by atoms with Gasteiger partial charge in [0.25, 0.3) is 0 Å². The lowest BCUT2D eigenvalue weighted by molar-refractivity contribution is -0.364. The first kappa shape index (κ1) is 38.4. The van der Waals surface area contributed by atoms with Crippen LogP contribution in [0, 0.1) is 39.4 Å². The number of aliphatic hydroxyl groups excluding tert-OH is 1. The fraction of sp³-hybridized carbons (Fsp3) is 0.865. The molecule has 5 aliphatic carbocycles. The predicted octanol–water partition coefficient (Wildman–Crippen LogP) is 1.63. The van der Waals surface area contributed by atoms with E-state index in [1.807, 2.05) is 13.8 Å². The standard InChI is InChI=1S/C37H52O16/c1-15-25-31(8)12-11-23-32(9,26(31)24(48-18(4)39)28(49-19(5)40)34(25,14-46-15)16(2)47-17(3)38)29(50-20(6)41)30(51-21(7)42)36-33(10,53-45)37(36)27(52-37)22(43)13-35(23,36)44/h15-16,22-30,43-45H,11-14H2,1-10H3/t15?,16-,22?,23?,24?,25?,26?,27?,28?,29?,30?,31?,32?,33+,34?,35?,36?,37?/m1/s1. The van der Waals surface area contributed by atoms with E-state index in [-0.39, 0.29) is 19.4 Å². The maximum atomic E-state index is 13.5. The summed E-state index contributed by atoms with van der Waals surface area (Å²) in [6.07, 6.45) is -8.82. The highest BCUT2D eigenvalue weighted by atomic mass is 17.1. The second-order valence-corrected chi connectivity index (χ2v) is 17.4. The minimum atomic E-state index is -2.02. The molecule has 2 aliphatic heterocycles. The Labute approximate surface area is 307 Å². The van der Waals surface area contributed by atoms with Gasteiger partial charge in [0.15, 0.2) is 12.2 Å². The smallest absolute Gasteiger partial charge is 0.303 e. The fourth-order valence-corrected chi connectivity index (χ4v) is 14.3. The van der Waals surface area contributed by atoms with E-state index in [1.165, 1.54) is 34.6 Å². The zero-order valence-corrected chi connectivity index (χ0v) is 31.8. The van der Waals surface area contributed by atoms with Crippen LogP contribution >= 0.6 is 0 Å². The molecule has 0 radical (unpaired) electrons. The van der Waals surface area contributed by atoms with Gasteiger partial charge in [0, 0.05) is 58.3 Å². The largest absolute Gasteiger partial charge is 0.462 e. The zero-order valence-electron chi connectivity index (χ0n) is 31.8. The Kier molecular flexibility index (Phi) is 8.38. The number of fused-ring (bicyclic) bond motifs is 6. The summed E-state index contributed by atoms with van der Waals surface area (Å²) in [5.41, 5.74) is -10.7. The van der Waals surface area contributed by atoms with Gasteiger partial charge in [-0.2, -0.15) is 0 Å². The van der Waals surface area contributed by atoms with Crippen LogP contribution in [-0.2, 0) is 62.0 Å². The number of carbonyl (C=O) groups is 5. The molecule has 0 aromatic heterocycles. The lowest BCUT2D eigenvalue weighted by atomic mass is 9.33. The average molecular weight is 753 g/mol.